The Morgan fingerprint density at radius 2 is 1.95 bits per heavy atom. The molecule has 0 aliphatic carbocycles. The van der Waals surface area contributed by atoms with Gasteiger partial charge in [-0.2, -0.15) is 0 Å². The van der Waals surface area contributed by atoms with Crippen LogP contribution in [0.15, 0.2) is 30.3 Å². The summed E-state index contributed by atoms with van der Waals surface area (Å²) in [7, 11) is 4.15. The molecule has 0 radical (unpaired) electrons. The van der Waals surface area contributed by atoms with Crippen LogP contribution in [0.1, 0.15) is 38.2 Å². The number of piperidine rings is 1. The average molecular weight is 272 g/mol. The summed E-state index contributed by atoms with van der Waals surface area (Å²) < 4.78 is 0. The lowest BCUT2D eigenvalue weighted by Crippen LogP contribution is -2.38. The van der Waals surface area contributed by atoms with Gasteiger partial charge in [-0.15, -0.1) is 0 Å². The number of likely N-dealkylation sites (tertiary alicyclic amines) is 1. The second-order valence-electron chi connectivity index (χ2n) is 5.94. The molecule has 1 saturated heterocycles. The Kier molecular flexibility index (Phi) is 5.66. The van der Waals surface area contributed by atoms with E-state index < -0.39 is 0 Å². The number of rotatable bonds is 5. The lowest BCUT2D eigenvalue weighted by Gasteiger charge is -2.34. The summed E-state index contributed by atoms with van der Waals surface area (Å²) in [5, 5.41) is 0. The first kappa shape index (κ1) is 15.1. The van der Waals surface area contributed by atoms with Gasteiger partial charge in [0.05, 0.1) is 0 Å². The predicted octanol–water partition coefficient (Wildman–Crippen LogP) is 4.03. The van der Waals surface area contributed by atoms with Crippen molar-refractivity contribution in [2.24, 2.45) is 0 Å². The van der Waals surface area contributed by atoms with E-state index in [1.807, 2.05) is 0 Å². The summed E-state index contributed by atoms with van der Waals surface area (Å²) in [6, 6.07) is 9.54. The topological polar surface area (TPSA) is 6.48 Å². The van der Waals surface area contributed by atoms with Crippen LogP contribution in [0.3, 0.4) is 0 Å². The highest BCUT2D eigenvalue weighted by molar-refractivity contribution is 5.55. The van der Waals surface area contributed by atoms with Gasteiger partial charge in [0.15, 0.2) is 0 Å². The minimum atomic E-state index is 0.796. The lowest BCUT2D eigenvalue weighted by atomic mass is 10.00. The maximum Gasteiger partial charge on any atom is 0.0361 e. The highest BCUT2D eigenvalue weighted by Crippen LogP contribution is 2.19. The fourth-order valence-corrected chi connectivity index (χ4v) is 2.97. The van der Waals surface area contributed by atoms with Crippen molar-refractivity contribution in [2.45, 2.75) is 38.6 Å². The molecule has 0 amide bonds. The molecule has 1 atom stereocenters. The minimum absolute atomic E-state index is 0.796. The third-order valence-corrected chi connectivity index (χ3v) is 4.28. The second kappa shape index (κ2) is 7.49. The highest BCUT2D eigenvalue weighted by atomic mass is 15.2. The molecule has 1 aromatic rings. The fraction of sp³-hybridized carbons (Fsp3) is 0.556. The first-order valence-electron chi connectivity index (χ1n) is 7.88. The van der Waals surface area contributed by atoms with Gasteiger partial charge in [0.1, 0.15) is 0 Å². The molecule has 1 unspecified atom stereocenters. The van der Waals surface area contributed by atoms with Crippen molar-refractivity contribution < 1.29 is 0 Å². The summed E-state index contributed by atoms with van der Waals surface area (Å²) in [5.41, 5.74) is 2.55. The van der Waals surface area contributed by atoms with Gasteiger partial charge in [-0.25, -0.2) is 0 Å². The van der Waals surface area contributed by atoms with Gasteiger partial charge in [-0.1, -0.05) is 37.6 Å². The molecule has 2 nitrogen and oxygen atoms in total. The van der Waals surface area contributed by atoms with E-state index in [2.05, 4.69) is 67.2 Å². The zero-order valence-electron chi connectivity index (χ0n) is 13.2. The Balaban J connectivity index is 1.89. The first-order chi connectivity index (χ1) is 9.70. The van der Waals surface area contributed by atoms with Gasteiger partial charge < -0.3 is 4.90 Å². The van der Waals surface area contributed by atoms with Crippen LogP contribution in [0.25, 0.3) is 6.08 Å². The number of hydrogen-bond acceptors (Lipinski definition) is 2. The molecule has 1 fully saturated rings. The van der Waals surface area contributed by atoms with E-state index in [4.69, 9.17) is 0 Å². The maximum absolute atomic E-state index is 2.63. The molecule has 0 bridgehead atoms. The number of anilines is 1. The molecule has 1 aromatic carbocycles. The van der Waals surface area contributed by atoms with Crippen LogP contribution in [0, 0.1) is 0 Å². The van der Waals surface area contributed by atoms with Gasteiger partial charge >= 0.3 is 0 Å². The van der Waals surface area contributed by atoms with E-state index in [0.717, 1.165) is 12.6 Å². The maximum atomic E-state index is 2.63. The van der Waals surface area contributed by atoms with E-state index in [-0.39, 0.29) is 0 Å². The van der Waals surface area contributed by atoms with Crippen molar-refractivity contribution in [3.63, 3.8) is 0 Å². The third kappa shape index (κ3) is 4.11. The van der Waals surface area contributed by atoms with Crippen LogP contribution >= 0.6 is 0 Å². The Labute approximate surface area is 124 Å². The molecule has 2 heteroatoms. The zero-order chi connectivity index (χ0) is 14.4. The van der Waals surface area contributed by atoms with Crippen LogP contribution in [-0.2, 0) is 0 Å². The molecule has 1 aliphatic heterocycles. The Morgan fingerprint density at radius 1 is 1.20 bits per heavy atom. The lowest BCUT2D eigenvalue weighted by molar-refractivity contribution is 0.161. The summed E-state index contributed by atoms with van der Waals surface area (Å²) in [6.07, 6.45) is 10.00. The fourth-order valence-electron chi connectivity index (χ4n) is 2.97. The van der Waals surface area contributed by atoms with Gasteiger partial charge in [0.2, 0.25) is 0 Å². The van der Waals surface area contributed by atoms with Crippen LogP contribution in [0.5, 0.6) is 0 Å². The Morgan fingerprint density at radius 3 is 2.60 bits per heavy atom. The Bertz CT molecular complexity index is 420. The molecule has 0 spiro atoms. The molecule has 20 heavy (non-hydrogen) atoms. The van der Waals surface area contributed by atoms with Crippen molar-refractivity contribution in [3.8, 4) is 0 Å². The van der Waals surface area contributed by atoms with Crippen LogP contribution in [0.2, 0.25) is 0 Å². The quantitative estimate of drug-likeness (QED) is 0.798. The monoisotopic (exact) mass is 272 g/mol. The summed E-state index contributed by atoms with van der Waals surface area (Å²) in [5.74, 6) is 0. The summed E-state index contributed by atoms with van der Waals surface area (Å²) >= 11 is 0. The van der Waals surface area contributed by atoms with Crippen LogP contribution < -0.4 is 4.90 Å². The van der Waals surface area contributed by atoms with Gasteiger partial charge in [-0.3, -0.25) is 4.90 Å². The van der Waals surface area contributed by atoms with E-state index in [9.17, 15) is 0 Å². The minimum Gasteiger partial charge on any atom is -0.378 e. The molecule has 0 N–H and O–H groups in total. The average Bonchev–Trinajstić information content (AvgIpc) is 2.48. The van der Waals surface area contributed by atoms with E-state index >= 15 is 0 Å². The van der Waals surface area contributed by atoms with E-state index in [0.29, 0.717) is 0 Å². The van der Waals surface area contributed by atoms with Crippen LogP contribution in [-0.4, -0.2) is 38.1 Å². The molecule has 110 valence electrons. The SMILES string of the molecule is CCC1CCCCN1CC=Cc1ccc(N(C)C)cc1. The summed E-state index contributed by atoms with van der Waals surface area (Å²) in [4.78, 5) is 4.77. The highest BCUT2D eigenvalue weighted by Gasteiger charge is 2.18. The summed E-state index contributed by atoms with van der Waals surface area (Å²) in [6.45, 7) is 4.67. The molecule has 1 aliphatic rings. The van der Waals surface area contributed by atoms with Crippen molar-refractivity contribution >= 4 is 11.8 Å². The number of hydrogen-bond donors (Lipinski definition) is 0. The molecule has 2 rings (SSSR count). The largest absolute Gasteiger partial charge is 0.378 e. The number of nitrogens with zero attached hydrogens (tertiary/aromatic N) is 2. The number of benzene rings is 1. The van der Waals surface area contributed by atoms with Crippen molar-refractivity contribution in [2.75, 3.05) is 32.1 Å². The smallest absolute Gasteiger partial charge is 0.0361 e. The Hall–Kier alpha value is -1.28. The van der Waals surface area contributed by atoms with Crippen molar-refractivity contribution in [1.29, 1.82) is 0 Å². The molecule has 1 heterocycles. The van der Waals surface area contributed by atoms with Crippen molar-refractivity contribution in [1.82, 2.24) is 4.90 Å². The van der Waals surface area contributed by atoms with Gasteiger partial charge in [-0.05, 0) is 43.5 Å². The first-order valence-corrected chi connectivity index (χ1v) is 7.88. The van der Waals surface area contributed by atoms with Gasteiger partial charge in [0, 0.05) is 32.4 Å². The standard InChI is InChI=1S/C18H28N2/c1-4-17-9-5-6-14-20(17)15-7-8-16-10-12-18(13-11-16)19(2)3/h7-8,10-13,17H,4-6,9,14-15H2,1-3H3. The van der Waals surface area contributed by atoms with Gasteiger partial charge in [0.25, 0.3) is 0 Å². The molecule has 0 aromatic heterocycles. The molecule has 0 saturated carbocycles. The normalized spacial score (nSPS) is 20.4. The zero-order valence-corrected chi connectivity index (χ0v) is 13.2. The molecular weight excluding hydrogens is 244 g/mol. The molecular formula is C18H28N2. The third-order valence-electron chi connectivity index (χ3n) is 4.28. The van der Waals surface area contributed by atoms with E-state index in [1.54, 1.807) is 0 Å². The van der Waals surface area contributed by atoms with Crippen LogP contribution in [0.4, 0.5) is 5.69 Å². The van der Waals surface area contributed by atoms with E-state index in [1.165, 1.54) is 43.5 Å². The van der Waals surface area contributed by atoms with Crippen molar-refractivity contribution in [3.05, 3.63) is 35.9 Å². The second-order valence-corrected chi connectivity index (χ2v) is 5.94. The predicted molar refractivity (Wildman–Crippen MR) is 89.3 cm³/mol.